The van der Waals surface area contributed by atoms with Crippen LogP contribution in [-0.2, 0) is 4.79 Å². The summed E-state index contributed by atoms with van der Waals surface area (Å²) in [7, 11) is 3.42. The highest BCUT2D eigenvalue weighted by molar-refractivity contribution is 14.0. The molecule has 0 radical (unpaired) electrons. The number of halogens is 1. The number of nitrogens with one attached hydrogen (secondary N) is 3. The molecule has 1 amide bonds. The van der Waals surface area contributed by atoms with Crippen molar-refractivity contribution in [3.63, 3.8) is 0 Å². The molecule has 1 aliphatic rings. The normalized spacial score (nSPS) is 19.4. The van der Waals surface area contributed by atoms with Gasteiger partial charge < -0.3 is 20.9 Å². The van der Waals surface area contributed by atoms with Gasteiger partial charge in [0.15, 0.2) is 5.96 Å². The molecule has 1 heterocycles. The van der Waals surface area contributed by atoms with Gasteiger partial charge in [0.1, 0.15) is 0 Å². The molecule has 0 spiro atoms. The van der Waals surface area contributed by atoms with Crippen molar-refractivity contribution in [3.8, 4) is 0 Å². The number of aliphatic imine (C=N–C) groups is 1. The zero-order chi connectivity index (χ0) is 17.3. The fourth-order valence-electron chi connectivity index (χ4n) is 2.92. The van der Waals surface area contributed by atoms with Crippen molar-refractivity contribution >= 4 is 35.8 Å². The minimum Gasteiger partial charge on any atom is -0.359 e. The number of carbonyl (C=O) groups excluding carboxylic acids is 1. The standard InChI is InChI=1S/C17H35N5O.HI/c1-14-9-6-7-11-22(14)12-8-10-20-16(19-5)21-13-17(2,3)15(23)18-4;/h14H,6-13H2,1-5H3,(H,18,23)(H2,19,20,21);1H. The van der Waals surface area contributed by atoms with Gasteiger partial charge in [-0.2, -0.15) is 0 Å². The number of hydrogen-bond acceptors (Lipinski definition) is 3. The van der Waals surface area contributed by atoms with Crippen LogP contribution in [0.25, 0.3) is 0 Å². The molecule has 1 aliphatic heterocycles. The van der Waals surface area contributed by atoms with Crippen LogP contribution in [0.15, 0.2) is 4.99 Å². The summed E-state index contributed by atoms with van der Waals surface area (Å²) in [6.45, 7) is 9.98. The van der Waals surface area contributed by atoms with Crippen LogP contribution < -0.4 is 16.0 Å². The van der Waals surface area contributed by atoms with Gasteiger partial charge in [0.05, 0.1) is 5.41 Å². The van der Waals surface area contributed by atoms with Crippen LogP contribution in [-0.4, -0.2) is 63.1 Å². The van der Waals surface area contributed by atoms with Gasteiger partial charge in [0, 0.05) is 39.8 Å². The van der Waals surface area contributed by atoms with E-state index in [1.807, 2.05) is 13.8 Å². The Morgan fingerprint density at radius 2 is 2.00 bits per heavy atom. The molecule has 1 fully saturated rings. The van der Waals surface area contributed by atoms with Crippen LogP contribution >= 0.6 is 24.0 Å². The van der Waals surface area contributed by atoms with E-state index in [2.05, 4.69) is 32.8 Å². The van der Waals surface area contributed by atoms with E-state index in [-0.39, 0.29) is 29.9 Å². The van der Waals surface area contributed by atoms with Gasteiger partial charge in [0.2, 0.25) is 5.91 Å². The van der Waals surface area contributed by atoms with Gasteiger partial charge in [-0.25, -0.2) is 0 Å². The van der Waals surface area contributed by atoms with E-state index in [9.17, 15) is 4.79 Å². The maximum absolute atomic E-state index is 11.8. The number of hydrogen-bond donors (Lipinski definition) is 3. The molecule has 1 unspecified atom stereocenters. The first kappa shape index (κ1) is 23.4. The second kappa shape index (κ2) is 11.9. The first-order valence-electron chi connectivity index (χ1n) is 8.81. The van der Waals surface area contributed by atoms with Gasteiger partial charge in [-0.3, -0.25) is 9.79 Å². The van der Waals surface area contributed by atoms with Crippen LogP contribution in [0, 0.1) is 5.41 Å². The monoisotopic (exact) mass is 453 g/mol. The quantitative estimate of drug-likeness (QED) is 0.238. The summed E-state index contributed by atoms with van der Waals surface area (Å²) in [6, 6.07) is 0.717. The van der Waals surface area contributed by atoms with Crippen molar-refractivity contribution in [1.82, 2.24) is 20.9 Å². The largest absolute Gasteiger partial charge is 0.359 e. The minimum atomic E-state index is -0.463. The number of amides is 1. The molecule has 0 aromatic heterocycles. The lowest BCUT2D eigenvalue weighted by molar-refractivity contribution is -0.128. The summed E-state index contributed by atoms with van der Waals surface area (Å²) in [5.74, 6) is 0.785. The molecule has 0 bridgehead atoms. The molecule has 1 rings (SSSR count). The molecule has 6 nitrogen and oxygen atoms in total. The van der Waals surface area contributed by atoms with E-state index in [4.69, 9.17) is 0 Å². The second-order valence-corrected chi connectivity index (χ2v) is 7.05. The van der Waals surface area contributed by atoms with Crippen molar-refractivity contribution in [2.75, 3.05) is 40.3 Å². The van der Waals surface area contributed by atoms with Crippen molar-refractivity contribution in [2.24, 2.45) is 10.4 Å². The molecule has 24 heavy (non-hydrogen) atoms. The SMILES string of the molecule is CN=C(NCCCN1CCCCC1C)NCC(C)(C)C(=O)NC.I. The molecule has 7 heteroatoms. The molecule has 0 aromatic carbocycles. The van der Waals surface area contributed by atoms with Gasteiger partial charge in [-0.15, -0.1) is 24.0 Å². The predicted octanol–water partition coefficient (Wildman–Crippen LogP) is 1.81. The van der Waals surface area contributed by atoms with E-state index in [0.717, 1.165) is 31.5 Å². The lowest BCUT2D eigenvalue weighted by Gasteiger charge is -2.33. The van der Waals surface area contributed by atoms with E-state index in [0.29, 0.717) is 6.54 Å². The van der Waals surface area contributed by atoms with Crippen molar-refractivity contribution in [1.29, 1.82) is 0 Å². The molecule has 0 saturated carbocycles. The molecular weight excluding hydrogens is 417 g/mol. The molecule has 1 atom stereocenters. The van der Waals surface area contributed by atoms with Gasteiger partial charge in [-0.1, -0.05) is 6.42 Å². The fraction of sp³-hybridized carbons (Fsp3) is 0.882. The van der Waals surface area contributed by atoms with Crippen LogP contribution in [0.2, 0.25) is 0 Å². The highest BCUT2D eigenvalue weighted by atomic mass is 127. The maximum Gasteiger partial charge on any atom is 0.227 e. The minimum absolute atomic E-state index is 0. The Morgan fingerprint density at radius 3 is 2.58 bits per heavy atom. The lowest BCUT2D eigenvalue weighted by atomic mass is 9.92. The summed E-state index contributed by atoms with van der Waals surface area (Å²) in [4.78, 5) is 18.6. The Balaban J connectivity index is 0.00000529. The zero-order valence-corrected chi connectivity index (χ0v) is 18.3. The van der Waals surface area contributed by atoms with Crippen molar-refractivity contribution < 1.29 is 4.79 Å². The fourth-order valence-corrected chi connectivity index (χ4v) is 2.92. The Labute approximate surface area is 164 Å². The topological polar surface area (TPSA) is 68.8 Å². The molecular formula is C17H36IN5O. The van der Waals surface area contributed by atoms with Crippen LogP contribution in [0.1, 0.15) is 46.5 Å². The smallest absolute Gasteiger partial charge is 0.227 e. The van der Waals surface area contributed by atoms with Gasteiger partial charge in [-0.05, 0) is 46.6 Å². The van der Waals surface area contributed by atoms with E-state index < -0.39 is 5.41 Å². The van der Waals surface area contributed by atoms with E-state index in [1.165, 1.54) is 25.8 Å². The highest BCUT2D eigenvalue weighted by Crippen LogP contribution is 2.16. The Morgan fingerprint density at radius 1 is 1.29 bits per heavy atom. The van der Waals surface area contributed by atoms with E-state index >= 15 is 0 Å². The van der Waals surface area contributed by atoms with Crippen LogP contribution in [0.3, 0.4) is 0 Å². The average molecular weight is 453 g/mol. The van der Waals surface area contributed by atoms with Crippen LogP contribution in [0.4, 0.5) is 0 Å². The first-order valence-corrected chi connectivity index (χ1v) is 8.81. The third kappa shape index (κ3) is 8.00. The zero-order valence-electron chi connectivity index (χ0n) is 15.9. The van der Waals surface area contributed by atoms with Gasteiger partial charge in [0.25, 0.3) is 0 Å². The third-order valence-corrected chi connectivity index (χ3v) is 4.62. The van der Waals surface area contributed by atoms with Crippen LogP contribution in [0.5, 0.6) is 0 Å². The molecule has 0 aliphatic carbocycles. The third-order valence-electron chi connectivity index (χ3n) is 4.62. The summed E-state index contributed by atoms with van der Waals surface area (Å²) >= 11 is 0. The summed E-state index contributed by atoms with van der Waals surface area (Å²) in [5, 5.41) is 9.27. The summed E-state index contributed by atoms with van der Waals surface area (Å²) in [6.07, 6.45) is 5.12. The second-order valence-electron chi connectivity index (χ2n) is 7.05. The summed E-state index contributed by atoms with van der Waals surface area (Å²) < 4.78 is 0. The molecule has 0 aromatic rings. The maximum atomic E-state index is 11.8. The number of likely N-dealkylation sites (tertiary alicyclic amines) is 1. The number of rotatable bonds is 7. The Kier molecular flexibility index (Phi) is 11.6. The number of piperidine rings is 1. The summed E-state index contributed by atoms with van der Waals surface area (Å²) in [5.41, 5.74) is -0.463. The van der Waals surface area contributed by atoms with E-state index in [1.54, 1.807) is 14.1 Å². The molecule has 142 valence electrons. The highest BCUT2D eigenvalue weighted by Gasteiger charge is 2.26. The molecule has 1 saturated heterocycles. The van der Waals surface area contributed by atoms with Crippen molar-refractivity contribution in [3.05, 3.63) is 0 Å². The Hall–Kier alpha value is -0.570. The number of guanidine groups is 1. The first-order chi connectivity index (χ1) is 10.9. The Bertz CT molecular complexity index is 400. The number of carbonyl (C=O) groups is 1. The van der Waals surface area contributed by atoms with Crippen molar-refractivity contribution in [2.45, 2.75) is 52.5 Å². The lowest BCUT2D eigenvalue weighted by Crippen LogP contribution is -2.47. The van der Waals surface area contributed by atoms with Gasteiger partial charge >= 0.3 is 0 Å². The predicted molar refractivity (Wildman–Crippen MR) is 112 cm³/mol. The molecule has 3 N–H and O–H groups in total. The number of nitrogens with zero attached hydrogens (tertiary/aromatic N) is 2. The average Bonchev–Trinajstić information content (AvgIpc) is 2.54.